The number of amides is 3. The van der Waals surface area contributed by atoms with Crippen molar-refractivity contribution in [1.82, 2.24) is 14.8 Å². The van der Waals surface area contributed by atoms with Crippen molar-refractivity contribution in [3.8, 4) is 16.9 Å². The maximum Gasteiger partial charge on any atom is 0.254 e. The molecule has 3 aromatic carbocycles. The van der Waals surface area contributed by atoms with E-state index in [9.17, 15) is 14.4 Å². The first-order valence-electron chi connectivity index (χ1n) is 12.5. The Morgan fingerprint density at radius 2 is 1.65 bits per heavy atom. The molecule has 1 aliphatic carbocycles. The van der Waals surface area contributed by atoms with E-state index in [4.69, 9.17) is 10.5 Å². The van der Waals surface area contributed by atoms with E-state index in [2.05, 4.69) is 4.98 Å². The molecule has 1 aliphatic heterocycles. The highest BCUT2D eigenvalue weighted by molar-refractivity contribution is 6.17. The number of fused-ring (bicyclic) bond motifs is 3. The first kappa shape index (κ1) is 23.1. The van der Waals surface area contributed by atoms with Gasteiger partial charge in [-0.15, -0.1) is 0 Å². The third-order valence-corrected chi connectivity index (χ3v) is 7.43. The molecule has 8 nitrogen and oxygen atoms in total. The van der Waals surface area contributed by atoms with Crippen LogP contribution in [-0.2, 0) is 4.79 Å². The molecule has 2 fully saturated rings. The molecule has 1 saturated carbocycles. The fourth-order valence-corrected chi connectivity index (χ4v) is 5.20. The van der Waals surface area contributed by atoms with E-state index in [1.807, 2.05) is 53.4 Å². The molecular weight excluding hydrogens is 468 g/mol. The third kappa shape index (κ3) is 4.18. The Morgan fingerprint density at radius 3 is 2.35 bits per heavy atom. The summed E-state index contributed by atoms with van der Waals surface area (Å²) in [6, 6.07) is 17.0. The van der Waals surface area contributed by atoms with Gasteiger partial charge in [-0.05, 0) is 60.4 Å². The molecular formula is C29H28N4O4. The Hall–Kier alpha value is -4.33. The molecule has 0 radical (unpaired) electrons. The van der Waals surface area contributed by atoms with E-state index in [1.54, 1.807) is 18.1 Å². The van der Waals surface area contributed by atoms with E-state index in [0.717, 1.165) is 46.0 Å². The minimum Gasteiger partial charge on any atom is -0.497 e. The van der Waals surface area contributed by atoms with E-state index in [0.29, 0.717) is 42.8 Å². The maximum atomic E-state index is 13.3. The van der Waals surface area contributed by atoms with Crippen LogP contribution in [0.4, 0.5) is 0 Å². The van der Waals surface area contributed by atoms with Gasteiger partial charge in [0.05, 0.1) is 18.2 Å². The zero-order chi connectivity index (χ0) is 25.7. The number of nitrogens with one attached hydrogen (secondary N) is 1. The van der Waals surface area contributed by atoms with Crippen LogP contribution >= 0.6 is 0 Å². The lowest BCUT2D eigenvalue weighted by atomic mass is 9.98. The van der Waals surface area contributed by atoms with Gasteiger partial charge >= 0.3 is 0 Å². The number of rotatable bonds is 5. The van der Waals surface area contributed by atoms with Gasteiger partial charge in [-0.3, -0.25) is 14.4 Å². The normalized spacial score (nSPS) is 15.8. The topological polar surface area (TPSA) is 109 Å². The molecule has 3 amide bonds. The molecule has 1 saturated heterocycles. The Kier molecular flexibility index (Phi) is 5.59. The smallest absolute Gasteiger partial charge is 0.254 e. The summed E-state index contributed by atoms with van der Waals surface area (Å²) in [7, 11) is 1.61. The predicted octanol–water partition coefficient (Wildman–Crippen LogP) is 3.79. The minimum atomic E-state index is -0.531. The van der Waals surface area contributed by atoms with Gasteiger partial charge in [0.25, 0.3) is 11.8 Å². The van der Waals surface area contributed by atoms with Crippen LogP contribution in [-0.4, -0.2) is 65.8 Å². The van der Waals surface area contributed by atoms with Crippen LogP contribution in [0.25, 0.3) is 32.9 Å². The quantitative estimate of drug-likeness (QED) is 0.438. The molecule has 6 rings (SSSR count). The van der Waals surface area contributed by atoms with Crippen LogP contribution in [0.3, 0.4) is 0 Å². The van der Waals surface area contributed by atoms with Crippen molar-refractivity contribution >= 4 is 39.5 Å². The first-order chi connectivity index (χ1) is 17.9. The molecule has 0 atom stereocenters. The number of nitrogens with zero attached hydrogens (tertiary/aromatic N) is 2. The number of hydrogen-bond donors (Lipinski definition) is 2. The van der Waals surface area contributed by atoms with Crippen molar-refractivity contribution in [3.05, 3.63) is 65.7 Å². The molecule has 188 valence electrons. The van der Waals surface area contributed by atoms with Gasteiger partial charge in [-0.25, -0.2) is 0 Å². The van der Waals surface area contributed by atoms with Crippen LogP contribution in [0.15, 0.2) is 54.6 Å². The van der Waals surface area contributed by atoms with E-state index >= 15 is 0 Å². The van der Waals surface area contributed by atoms with Gasteiger partial charge in [0, 0.05) is 53.9 Å². The fraction of sp³-hybridized carbons (Fsp3) is 0.276. The summed E-state index contributed by atoms with van der Waals surface area (Å²) in [5.74, 6) is 0.548. The Labute approximate surface area is 214 Å². The Morgan fingerprint density at radius 1 is 0.892 bits per heavy atom. The van der Waals surface area contributed by atoms with Gasteiger partial charge in [0.15, 0.2) is 0 Å². The lowest BCUT2D eigenvalue weighted by Gasteiger charge is -2.35. The Balaban J connectivity index is 1.33. The highest BCUT2D eigenvalue weighted by atomic mass is 16.5. The molecule has 4 aromatic rings. The summed E-state index contributed by atoms with van der Waals surface area (Å²) in [6.45, 7) is 2.20. The Bertz CT molecular complexity index is 1560. The molecule has 0 unspecified atom stereocenters. The van der Waals surface area contributed by atoms with Gasteiger partial charge in [-0.1, -0.05) is 18.2 Å². The average molecular weight is 497 g/mol. The summed E-state index contributed by atoms with van der Waals surface area (Å²) in [5.41, 5.74) is 9.87. The zero-order valence-electron chi connectivity index (χ0n) is 20.6. The third-order valence-electron chi connectivity index (χ3n) is 7.43. The van der Waals surface area contributed by atoms with Gasteiger partial charge in [0.2, 0.25) is 5.91 Å². The predicted molar refractivity (Wildman–Crippen MR) is 142 cm³/mol. The number of primary amides is 1. The lowest BCUT2D eigenvalue weighted by Crippen LogP contribution is -2.51. The molecule has 37 heavy (non-hydrogen) atoms. The molecule has 0 bridgehead atoms. The summed E-state index contributed by atoms with van der Waals surface area (Å²) >= 11 is 0. The number of hydrogen-bond acceptors (Lipinski definition) is 4. The van der Waals surface area contributed by atoms with Crippen molar-refractivity contribution in [2.24, 2.45) is 11.7 Å². The van der Waals surface area contributed by atoms with Crippen molar-refractivity contribution in [3.63, 3.8) is 0 Å². The number of piperazine rings is 1. The molecule has 2 heterocycles. The second-order valence-corrected chi connectivity index (χ2v) is 9.82. The summed E-state index contributed by atoms with van der Waals surface area (Å²) in [6.07, 6.45) is 1.97. The SMILES string of the molecule is COc1cccc(-c2cc(C(N)=O)c3[nH]c4cc(C(=O)N5CCN(C(=O)C6CC6)CC5)ccc4c3c2)c1. The van der Waals surface area contributed by atoms with Crippen molar-refractivity contribution in [2.75, 3.05) is 33.3 Å². The standard InChI is InChI=1S/C29H28N4O4/c1-37-21-4-2-3-18(13-21)20-14-23-22-8-7-19(16-25(22)31-26(23)24(15-20)27(30)34)29(36)33-11-9-32(10-12-33)28(35)17-5-6-17/h2-4,7-8,13-17,31H,5-6,9-12H2,1H3,(H2,30,34). The average Bonchev–Trinajstić information content (AvgIpc) is 3.72. The van der Waals surface area contributed by atoms with E-state index in [-0.39, 0.29) is 17.7 Å². The highest BCUT2D eigenvalue weighted by Crippen LogP contribution is 2.35. The minimum absolute atomic E-state index is 0.0636. The fourth-order valence-electron chi connectivity index (χ4n) is 5.20. The monoisotopic (exact) mass is 496 g/mol. The largest absolute Gasteiger partial charge is 0.497 e. The zero-order valence-corrected chi connectivity index (χ0v) is 20.6. The summed E-state index contributed by atoms with van der Waals surface area (Å²) in [5, 5.41) is 1.76. The second kappa shape index (κ2) is 8.96. The lowest BCUT2D eigenvalue weighted by molar-refractivity contribution is -0.134. The number of aromatic amines is 1. The molecule has 3 N–H and O–H groups in total. The van der Waals surface area contributed by atoms with Crippen LogP contribution < -0.4 is 10.5 Å². The van der Waals surface area contributed by atoms with E-state index in [1.165, 1.54) is 0 Å². The van der Waals surface area contributed by atoms with Crippen LogP contribution in [0, 0.1) is 5.92 Å². The second-order valence-electron chi connectivity index (χ2n) is 9.82. The number of nitrogens with two attached hydrogens (primary N) is 1. The molecule has 2 aliphatic rings. The number of ether oxygens (including phenoxy) is 1. The van der Waals surface area contributed by atoms with Crippen LogP contribution in [0.1, 0.15) is 33.6 Å². The molecule has 1 aromatic heterocycles. The number of carbonyl (C=O) groups is 3. The first-order valence-corrected chi connectivity index (χ1v) is 12.5. The number of carbonyl (C=O) groups excluding carboxylic acids is 3. The van der Waals surface area contributed by atoms with Crippen LogP contribution in [0.5, 0.6) is 5.75 Å². The highest BCUT2D eigenvalue weighted by Gasteiger charge is 2.35. The van der Waals surface area contributed by atoms with Crippen molar-refractivity contribution < 1.29 is 19.1 Å². The van der Waals surface area contributed by atoms with Gasteiger partial charge in [0.1, 0.15) is 5.75 Å². The van der Waals surface area contributed by atoms with Crippen molar-refractivity contribution in [1.29, 1.82) is 0 Å². The number of H-pyrrole nitrogens is 1. The van der Waals surface area contributed by atoms with Gasteiger partial charge < -0.3 is 25.3 Å². The number of methoxy groups -OCH3 is 1. The summed E-state index contributed by atoms with van der Waals surface area (Å²) < 4.78 is 5.36. The van der Waals surface area contributed by atoms with Crippen molar-refractivity contribution in [2.45, 2.75) is 12.8 Å². The van der Waals surface area contributed by atoms with E-state index < -0.39 is 5.91 Å². The molecule has 8 heteroatoms. The van der Waals surface area contributed by atoms with Gasteiger partial charge in [-0.2, -0.15) is 0 Å². The molecule has 0 spiro atoms. The van der Waals surface area contributed by atoms with Crippen LogP contribution in [0.2, 0.25) is 0 Å². The number of benzene rings is 3. The summed E-state index contributed by atoms with van der Waals surface area (Å²) in [4.78, 5) is 45.0. The maximum absolute atomic E-state index is 13.3. The number of aromatic nitrogens is 1.